The molecule has 3 rings (SSSR count). The number of nitrogens with zero attached hydrogens (tertiary/aromatic N) is 2. The fourth-order valence-corrected chi connectivity index (χ4v) is 3.34. The molecule has 0 saturated carbocycles. The van der Waals surface area contributed by atoms with Crippen LogP contribution in [0.1, 0.15) is 24.5 Å². The van der Waals surface area contributed by atoms with E-state index in [1.165, 1.54) is 28.0 Å². The van der Waals surface area contributed by atoms with Gasteiger partial charge in [-0.05, 0) is 50.1 Å². The summed E-state index contributed by atoms with van der Waals surface area (Å²) in [5.74, 6) is -1.35. The molecule has 0 unspecified atom stereocenters. The first-order valence-electron chi connectivity index (χ1n) is 9.55. The van der Waals surface area contributed by atoms with E-state index in [0.717, 1.165) is 5.56 Å². The van der Waals surface area contributed by atoms with Crippen molar-refractivity contribution in [2.24, 2.45) is 0 Å². The van der Waals surface area contributed by atoms with Crippen molar-refractivity contribution in [1.82, 2.24) is 10.2 Å². The molecule has 2 N–H and O–H groups in total. The third-order valence-electron chi connectivity index (χ3n) is 4.75. The highest BCUT2D eigenvalue weighted by molar-refractivity contribution is 6.00. The number of rotatable bonds is 5. The molecule has 8 heteroatoms. The van der Waals surface area contributed by atoms with Crippen LogP contribution in [0.4, 0.5) is 29.7 Å². The van der Waals surface area contributed by atoms with Gasteiger partial charge in [-0.25, -0.2) is 18.4 Å². The van der Waals surface area contributed by atoms with Crippen LogP contribution in [-0.2, 0) is 6.54 Å². The predicted octanol–water partition coefficient (Wildman–Crippen LogP) is 4.25. The minimum atomic E-state index is -0.677. The summed E-state index contributed by atoms with van der Waals surface area (Å²) in [6, 6.07) is 8.33. The van der Waals surface area contributed by atoms with Gasteiger partial charge in [0.2, 0.25) is 0 Å². The molecule has 4 amide bonds. The van der Waals surface area contributed by atoms with E-state index in [4.69, 9.17) is 0 Å². The van der Waals surface area contributed by atoms with Crippen LogP contribution in [0.3, 0.4) is 0 Å². The second kappa shape index (κ2) is 8.89. The molecule has 1 saturated heterocycles. The Morgan fingerprint density at radius 3 is 2.55 bits per heavy atom. The summed E-state index contributed by atoms with van der Waals surface area (Å²) in [6.45, 7) is 4.86. The van der Waals surface area contributed by atoms with Gasteiger partial charge in [0, 0.05) is 25.2 Å². The van der Waals surface area contributed by atoms with Gasteiger partial charge in [0.15, 0.2) is 0 Å². The summed E-state index contributed by atoms with van der Waals surface area (Å²) in [6.07, 6.45) is 0.635. The van der Waals surface area contributed by atoms with Gasteiger partial charge in [-0.1, -0.05) is 12.1 Å². The number of benzene rings is 2. The number of hydrogen-bond acceptors (Lipinski definition) is 2. The van der Waals surface area contributed by atoms with Crippen molar-refractivity contribution in [2.45, 2.75) is 26.8 Å². The molecule has 0 bridgehead atoms. The number of halogens is 2. The first-order valence-corrected chi connectivity index (χ1v) is 9.55. The van der Waals surface area contributed by atoms with E-state index in [1.807, 2.05) is 19.9 Å². The first-order chi connectivity index (χ1) is 13.9. The smallest absolute Gasteiger partial charge is 0.324 e. The van der Waals surface area contributed by atoms with Crippen LogP contribution in [0.5, 0.6) is 0 Å². The molecule has 0 spiro atoms. The van der Waals surface area contributed by atoms with Crippen molar-refractivity contribution < 1.29 is 18.4 Å². The van der Waals surface area contributed by atoms with Crippen molar-refractivity contribution in [3.63, 3.8) is 0 Å². The Morgan fingerprint density at radius 1 is 1.14 bits per heavy atom. The Morgan fingerprint density at radius 2 is 1.86 bits per heavy atom. The predicted molar refractivity (Wildman–Crippen MR) is 108 cm³/mol. The van der Waals surface area contributed by atoms with Gasteiger partial charge in [0.25, 0.3) is 0 Å². The molecular weight excluding hydrogens is 378 g/mol. The lowest BCUT2D eigenvalue weighted by molar-refractivity contribution is 0.191. The van der Waals surface area contributed by atoms with Crippen molar-refractivity contribution >= 4 is 23.4 Å². The molecule has 154 valence electrons. The van der Waals surface area contributed by atoms with Crippen LogP contribution in [0.25, 0.3) is 0 Å². The Bertz CT molecular complexity index is 899. The highest BCUT2D eigenvalue weighted by Crippen LogP contribution is 2.30. The molecule has 1 aliphatic rings. The summed E-state index contributed by atoms with van der Waals surface area (Å²) in [5, 5.41) is 5.43. The number of amides is 4. The van der Waals surface area contributed by atoms with Gasteiger partial charge in [-0.3, -0.25) is 4.90 Å². The molecule has 29 heavy (non-hydrogen) atoms. The van der Waals surface area contributed by atoms with Gasteiger partial charge in [0.1, 0.15) is 11.6 Å². The average molecular weight is 402 g/mol. The lowest BCUT2D eigenvalue weighted by atomic mass is 10.1. The molecule has 1 aliphatic heterocycles. The molecular formula is C21H24F2N4O2. The highest BCUT2D eigenvalue weighted by atomic mass is 19.1. The minimum Gasteiger partial charge on any atom is -0.338 e. The Hall–Kier alpha value is -3.16. The number of aryl methyl sites for hydroxylation is 1. The number of hydrogen-bond donors (Lipinski definition) is 2. The quantitative estimate of drug-likeness (QED) is 0.785. The fraction of sp³-hybridized carbons (Fsp3) is 0.333. The summed E-state index contributed by atoms with van der Waals surface area (Å²) in [7, 11) is 0. The molecule has 2 aromatic rings. The van der Waals surface area contributed by atoms with Crippen LogP contribution in [0.15, 0.2) is 36.4 Å². The van der Waals surface area contributed by atoms with Crippen LogP contribution >= 0.6 is 0 Å². The SMILES string of the molecule is CCNC(=O)Nc1cc(C)ccc1N1CCCN(Cc2c(F)cccc2F)C1=O. The standard InChI is InChI=1S/C21H24F2N4O2/c1-3-24-20(28)25-18-12-14(2)8-9-19(18)27-11-5-10-26(21(27)29)13-15-16(22)6-4-7-17(15)23/h4,6-9,12H,3,5,10-11,13H2,1-2H3,(H2,24,25,28). The highest BCUT2D eigenvalue weighted by Gasteiger charge is 2.29. The van der Waals surface area contributed by atoms with Crippen molar-refractivity contribution in [3.05, 3.63) is 59.2 Å². The summed E-state index contributed by atoms with van der Waals surface area (Å²) in [5.41, 5.74) is 1.84. The lowest BCUT2D eigenvalue weighted by Gasteiger charge is -2.36. The van der Waals surface area contributed by atoms with Gasteiger partial charge < -0.3 is 15.5 Å². The van der Waals surface area contributed by atoms with Crippen LogP contribution in [-0.4, -0.2) is 36.6 Å². The third-order valence-corrected chi connectivity index (χ3v) is 4.75. The van der Waals surface area contributed by atoms with E-state index < -0.39 is 11.6 Å². The summed E-state index contributed by atoms with van der Waals surface area (Å²) in [4.78, 5) is 28.0. The van der Waals surface area contributed by atoms with Crippen molar-refractivity contribution in [2.75, 3.05) is 29.9 Å². The Labute approximate surface area is 168 Å². The maximum atomic E-state index is 14.0. The zero-order chi connectivity index (χ0) is 21.0. The molecule has 0 atom stereocenters. The van der Waals surface area contributed by atoms with E-state index in [0.29, 0.717) is 37.4 Å². The van der Waals surface area contributed by atoms with Crippen LogP contribution in [0, 0.1) is 18.6 Å². The van der Waals surface area contributed by atoms with E-state index in [2.05, 4.69) is 10.6 Å². The number of anilines is 2. The van der Waals surface area contributed by atoms with Crippen LogP contribution in [0.2, 0.25) is 0 Å². The topological polar surface area (TPSA) is 64.7 Å². The monoisotopic (exact) mass is 402 g/mol. The average Bonchev–Trinajstić information content (AvgIpc) is 2.67. The summed E-state index contributed by atoms with van der Waals surface area (Å²) >= 11 is 0. The maximum Gasteiger partial charge on any atom is 0.324 e. The second-order valence-corrected chi connectivity index (χ2v) is 6.91. The molecule has 6 nitrogen and oxygen atoms in total. The Balaban J connectivity index is 1.86. The van der Waals surface area contributed by atoms with E-state index in [9.17, 15) is 18.4 Å². The van der Waals surface area contributed by atoms with E-state index >= 15 is 0 Å². The van der Waals surface area contributed by atoms with E-state index in [1.54, 1.807) is 12.1 Å². The normalized spacial score (nSPS) is 14.1. The fourth-order valence-electron chi connectivity index (χ4n) is 3.34. The van der Waals surface area contributed by atoms with Gasteiger partial charge >= 0.3 is 12.1 Å². The van der Waals surface area contributed by atoms with Gasteiger partial charge in [0.05, 0.1) is 17.9 Å². The van der Waals surface area contributed by atoms with Crippen LogP contribution < -0.4 is 15.5 Å². The Kier molecular flexibility index (Phi) is 6.31. The molecule has 0 aromatic heterocycles. The second-order valence-electron chi connectivity index (χ2n) is 6.91. The molecule has 1 fully saturated rings. The number of urea groups is 2. The van der Waals surface area contributed by atoms with Crippen molar-refractivity contribution in [1.29, 1.82) is 0 Å². The lowest BCUT2D eigenvalue weighted by Crippen LogP contribution is -2.49. The third kappa shape index (κ3) is 4.64. The zero-order valence-corrected chi connectivity index (χ0v) is 16.5. The molecule has 2 aromatic carbocycles. The van der Waals surface area contributed by atoms with E-state index in [-0.39, 0.29) is 24.2 Å². The molecule has 0 aliphatic carbocycles. The number of carbonyl (C=O) groups excluding carboxylic acids is 2. The first kappa shape index (κ1) is 20.6. The number of nitrogens with one attached hydrogen (secondary N) is 2. The van der Waals surface area contributed by atoms with Gasteiger partial charge in [-0.2, -0.15) is 0 Å². The maximum absolute atomic E-state index is 14.0. The number of carbonyl (C=O) groups is 2. The summed E-state index contributed by atoms with van der Waals surface area (Å²) < 4.78 is 28.1. The minimum absolute atomic E-state index is 0.132. The van der Waals surface area contributed by atoms with Crippen molar-refractivity contribution in [3.8, 4) is 0 Å². The van der Waals surface area contributed by atoms with Gasteiger partial charge in [-0.15, -0.1) is 0 Å². The largest absolute Gasteiger partial charge is 0.338 e. The molecule has 1 heterocycles. The molecule has 0 radical (unpaired) electrons. The zero-order valence-electron chi connectivity index (χ0n) is 16.5.